The molecule has 0 bridgehead atoms. The molecule has 3 heterocycles. The number of halogens is 2. The fourth-order valence-electron chi connectivity index (χ4n) is 3.66. The van der Waals surface area contributed by atoms with Gasteiger partial charge in [-0.1, -0.05) is 16.7 Å². The first-order valence-corrected chi connectivity index (χ1v) is 7.77. The number of hydrogen-bond donors (Lipinski definition) is 1. The van der Waals surface area contributed by atoms with Gasteiger partial charge < -0.3 is 14.9 Å². The molecule has 2 saturated heterocycles. The SMILES string of the molecule is Nc1nnc([C@@]23COC[C@@H]2CN(Cc2cc(F)cc(Cl)c2)C3)o1. The van der Waals surface area contributed by atoms with Crippen LogP contribution in [0.5, 0.6) is 0 Å². The van der Waals surface area contributed by atoms with Crippen LogP contribution >= 0.6 is 11.6 Å². The summed E-state index contributed by atoms with van der Waals surface area (Å²) < 4.78 is 24.6. The Balaban J connectivity index is 1.57. The predicted molar refractivity (Wildman–Crippen MR) is 81.4 cm³/mol. The van der Waals surface area contributed by atoms with Crippen molar-refractivity contribution in [1.82, 2.24) is 15.1 Å². The van der Waals surface area contributed by atoms with Crippen molar-refractivity contribution in [3.05, 3.63) is 40.5 Å². The molecule has 2 atom stereocenters. The fourth-order valence-corrected chi connectivity index (χ4v) is 3.90. The summed E-state index contributed by atoms with van der Waals surface area (Å²) in [5, 5.41) is 8.24. The van der Waals surface area contributed by atoms with Crippen LogP contribution in [0.3, 0.4) is 0 Å². The Morgan fingerprint density at radius 3 is 3.00 bits per heavy atom. The molecule has 2 aliphatic rings. The Bertz CT molecular complexity index is 720. The van der Waals surface area contributed by atoms with E-state index in [2.05, 4.69) is 15.1 Å². The van der Waals surface area contributed by atoms with Crippen molar-refractivity contribution in [3.8, 4) is 0 Å². The number of hydrogen-bond acceptors (Lipinski definition) is 6. The number of fused-ring (bicyclic) bond motifs is 1. The fraction of sp³-hybridized carbons (Fsp3) is 0.467. The number of aromatic nitrogens is 2. The number of nitrogens with two attached hydrogens (primary N) is 1. The van der Waals surface area contributed by atoms with Gasteiger partial charge >= 0.3 is 6.01 Å². The number of rotatable bonds is 3. The zero-order chi connectivity index (χ0) is 16.0. The molecular weight excluding hydrogens is 323 g/mol. The number of likely N-dealkylation sites (tertiary alicyclic amines) is 1. The van der Waals surface area contributed by atoms with Crippen molar-refractivity contribution in [2.24, 2.45) is 5.92 Å². The molecule has 1 aromatic carbocycles. The molecule has 0 saturated carbocycles. The van der Waals surface area contributed by atoms with E-state index in [1.165, 1.54) is 12.1 Å². The summed E-state index contributed by atoms with van der Waals surface area (Å²) in [7, 11) is 0. The quantitative estimate of drug-likeness (QED) is 0.920. The van der Waals surface area contributed by atoms with E-state index in [1.807, 2.05) is 0 Å². The molecule has 4 rings (SSSR count). The smallest absolute Gasteiger partial charge is 0.312 e. The van der Waals surface area contributed by atoms with Crippen molar-refractivity contribution in [1.29, 1.82) is 0 Å². The summed E-state index contributed by atoms with van der Waals surface area (Å²) in [4.78, 5) is 2.23. The maximum absolute atomic E-state index is 13.5. The van der Waals surface area contributed by atoms with Gasteiger partial charge in [-0.3, -0.25) is 4.90 Å². The van der Waals surface area contributed by atoms with Gasteiger partial charge in [-0.15, -0.1) is 5.10 Å². The normalized spacial score (nSPS) is 27.5. The first kappa shape index (κ1) is 14.9. The highest BCUT2D eigenvalue weighted by Crippen LogP contribution is 2.43. The van der Waals surface area contributed by atoms with Crippen molar-refractivity contribution >= 4 is 17.6 Å². The third-order valence-electron chi connectivity index (χ3n) is 4.64. The average Bonchev–Trinajstić information content (AvgIpc) is 3.11. The molecule has 0 aliphatic carbocycles. The highest BCUT2D eigenvalue weighted by atomic mass is 35.5. The van der Waals surface area contributed by atoms with Crippen LogP contribution in [0.25, 0.3) is 0 Å². The first-order chi connectivity index (χ1) is 11.0. The van der Waals surface area contributed by atoms with Crippen LogP contribution in [0.15, 0.2) is 22.6 Å². The lowest BCUT2D eigenvalue weighted by Crippen LogP contribution is -2.35. The topological polar surface area (TPSA) is 77.4 Å². The molecule has 0 amide bonds. The molecule has 2 fully saturated rings. The largest absolute Gasteiger partial charge is 0.408 e. The second-order valence-electron chi connectivity index (χ2n) is 6.26. The van der Waals surface area contributed by atoms with E-state index >= 15 is 0 Å². The van der Waals surface area contributed by atoms with Crippen LogP contribution in [0.4, 0.5) is 10.4 Å². The molecule has 122 valence electrons. The molecule has 2 aliphatic heterocycles. The van der Waals surface area contributed by atoms with Crippen LogP contribution < -0.4 is 5.73 Å². The van der Waals surface area contributed by atoms with Gasteiger partial charge in [0.05, 0.1) is 18.6 Å². The van der Waals surface area contributed by atoms with E-state index in [0.717, 1.165) is 12.1 Å². The highest BCUT2D eigenvalue weighted by molar-refractivity contribution is 6.30. The minimum Gasteiger partial charge on any atom is -0.408 e. The lowest BCUT2D eigenvalue weighted by atomic mass is 9.81. The Morgan fingerprint density at radius 1 is 1.39 bits per heavy atom. The van der Waals surface area contributed by atoms with E-state index in [4.69, 9.17) is 26.5 Å². The standard InChI is InChI=1S/C15H16ClFN4O2/c16-11-1-9(2-12(17)3-11)4-21-5-10-6-22-8-15(10,7-21)13-19-20-14(18)23-13/h1-3,10H,4-8H2,(H2,18,20)/t10-,15-/m0/s1. The summed E-state index contributed by atoms with van der Waals surface area (Å²) in [5.41, 5.74) is 6.08. The number of nitrogens with zero attached hydrogens (tertiary/aromatic N) is 3. The van der Waals surface area contributed by atoms with Crippen molar-refractivity contribution in [3.63, 3.8) is 0 Å². The summed E-state index contributed by atoms with van der Waals surface area (Å²) in [6, 6.07) is 4.66. The summed E-state index contributed by atoms with van der Waals surface area (Å²) in [6.45, 7) is 3.30. The molecule has 2 N–H and O–H groups in total. The van der Waals surface area contributed by atoms with Crippen LogP contribution in [-0.4, -0.2) is 41.4 Å². The maximum atomic E-state index is 13.5. The van der Waals surface area contributed by atoms with Crippen LogP contribution in [0.2, 0.25) is 5.02 Å². The van der Waals surface area contributed by atoms with E-state index < -0.39 is 0 Å². The second-order valence-corrected chi connectivity index (χ2v) is 6.70. The Morgan fingerprint density at radius 2 is 2.26 bits per heavy atom. The van der Waals surface area contributed by atoms with Crippen LogP contribution in [0.1, 0.15) is 11.5 Å². The van der Waals surface area contributed by atoms with Gasteiger partial charge in [0, 0.05) is 30.6 Å². The zero-order valence-electron chi connectivity index (χ0n) is 12.3. The van der Waals surface area contributed by atoms with Gasteiger partial charge in [-0.05, 0) is 23.8 Å². The molecule has 1 aromatic heterocycles. The van der Waals surface area contributed by atoms with Gasteiger partial charge in [0.25, 0.3) is 0 Å². The van der Waals surface area contributed by atoms with Crippen LogP contribution in [-0.2, 0) is 16.7 Å². The Hall–Kier alpha value is -1.70. The number of anilines is 1. The minimum absolute atomic E-state index is 0.0652. The van der Waals surface area contributed by atoms with E-state index in [0.29, 0.717) is 37.2 Å². The Labute approximate surface area is 137 Å². The summed E-state index contributed by atoms with van der Waals surface area (Å²) >= 11 is 5.93. The molecule has 2 aromatic rings. The first-order valence-electron chi connectivity index (χ1n) is 7.40. The van der Waals surface area contributed by atoms with Crippen LogP contribution in [0, 0.1) is 11.7 Å². The Kier molecular flexibility index (Phi) is 3.51. The van der Waals surface area contributed by atoms with Gasteiger partial charge in [-0.2, -0.15) is 0 Å². The predicted octanol–water partition coefficient (Wildman–Crippen LogP) is 1.84. The lowest BCUT2D eigenvalue weighted by molar-refractivity contribution is 0.140. The molecule has 0 radical (unpaired) electrons. The zero-order valence-corrected chi connectivity index (χ0v) is 13.1. The lowest BCUT2D eigenvalue weighted by Gasteiger charge is -2.23. The van der Waals surface area contributed by atoms with E-state index in [-0.39, 0.29) is 23.2 Å². The second kappa shape index (κ2) is 5.43. The summed E-state index contributed by atoms with van der Waals surface area (Å²) in [5.74, 6) is 0.457. The molecule has 0 unspecified atom stereocenters. The summed E-state index contributed by atoms with van der Waals surface area (Å²) in [6.07, 6.45) is 0. The molecule has 23 heavy (non-hydrogen) atoms. The molecule has 8 heteroatoms. The van der Waals surface area contributed by atoms with Crippen molar-refractivity contribution in [2.45, 2.75) is 12.0 Å². The highest BCUT2D eigenvalue weighted by Gasteiger charge is 2.55. The van der Waals surface area contributed by atoms with E-state index in [9.17, 15) is 4.39 Å². The number of nitrogen functional groups attached to an aromatic ring is 1. The molecule has 6 nitrogen and oxygen atoms in total. The van der Waals surface area contributed by atoms with Crippen molar-refractivity contribution < 1.29 is 13.5 Å². The molecular formula is C15H16ClFN4O2. The average molecular weight is 339 g/mol. The monoisotopic (exact) mass is 338 g/mol. The third-order valence-corrected chi connectivity index (χ3v) is 4.86. The number of ether oxygens (including phenoxy) is 1. The maximum Gasteiger partial charge on any atom is 0.312 e. The van der Waals surface area contributed by atoms with Crippen molar-refractivity contribution in [2.75, 3.05) is 32.0 Å². The van der Waals surface area contributed by atoms with Gasteiger partial charge in [0.2, 0.25) is 5.89 Å². The van der Waals surface area contributed by atoms with Gasteiger partial charge in [0.15, 0.2) is 0 Å². The van der Waals surface area contributed by atoms with Gasteiger partial charge in [0.1, 0.15) is 5.82 Å². The number of benzene rings is 1. The van der Waals surface area contributed by atoms with Gasteiger partial charge in [-0.25, -0.2) is 4.39 Å². The molecule has 0 spiro atoms. The minimum atomic E-state index is -0.332. The third kappa shape index (κ3) is 2.58. The van der Waals surface area contributed by atoms with E-state index in [1.54, 1.807) is 6.07 Å².